The van der Waals surface area contributed by atoms with Gasteiger partial charge in [-0.15, -0.1) is 4.91 Å². The van der Waals surface area contributed by atoms with E-state index in [-0.39, 0.29) is 12.5 Å². The number of nitrogens with two attached hydrogens (primary N) is 1. The van der Waals surface area contributed by atoms with E-state index in [2.05, 4.69) is 5.29 Å². The maximum absolute atomic E-state index is 9.94. The summed E-state index contributed by atoms with van der Waals surface area (Å²) in [5.41, 5.74) is 6.81. The van der Waals surface area contributed by atoms with Crippen LogP contribution in [0.3, 0.4) is 0 Å². The molecule has 0 aromatic heterocycles. The molecule has 1 aromatic rings. The molecule has 19 heavy (non-hydrogen) atoms. The molecule has 0 spiro atoms. The molecule has 6 nitrogen and oxygen atoms in total. The van der Waals surface area contributed by atoms with Crippen molar-refractivity contribution in [3.63, 3.8) is 0 Å². The Balaban J connectivity index is 0.000000342. The molecule has 1 unspecified atom stereocenters. The highest BCUT2D eigenvalue weighted by atomic mass is 16.4. The number of rotatable bonds is 6. The van der Waals surface area contributed by atoms with Gasteiger partial charge in [0.1, 0.15) is 0 Å². The number of carbonyl (C=O) groups is 1. The first-order valence-corrected chi connectivity index (χ1v) is 6.04. The second-order valence-electron chi connectivity index (χ2n) is 4.16. The zero-order valence-electron chi connectivity index (χ0n) is 11.3. The minimum Gasteiger partial charge on any atom is -0.481 e. The Morgan fingerprint density at radius 2 is 2.00 bits per heavy atom. The first kappa shape index (κ1) is 17.1. The molecule has 0 bridgehead atoms. The van der Waals surface area contributed by atoms with Gasteiger partial charge in [-0.05, 0) is 18.9 Å². The Morgan fingerprint density at radius 3 is 2.37 bits per heavy atom. The van der Waals surface area contributed by atoms with Crippen molar-refractivity contribution in [2.75, 3.05) is 13.6 Å². The summed E-state index contributed by atoms with van der Waals surface area (Å²) in [7, 11) is 1.51. The Kier molecular flexibility index (Phi) is 8.99. The van der Waals surface area contributed by atoms with Gasteiger partial charge < -0.3 is 10.8 Å². The minimum atomic E-state index is -0.848. The van der Waals surface area contributed by atoms with E-state index in [0.717, 1.165) is 0 Å². The van der Waals surface area contributed by atoms with E-state index >= 15 is 0 Å². The average Bonchev–Trinajstić information content (AvgIpc) is 2.39. The van der Waals surface area contributed by atoms with E-state index in [4.69, 9.17) is 10.8 Å². The summed E-state index contributed by atoms with van der Waals surface area (Å²) in [6, 6.07) is 10.2. The third-order valence-electron chi connectivity index (χ3n) is 2.34. The number of hydrogen-bond acceptors (Lipinski definition) is 4. The van der Waals surface area contributed by atoms with Crippen molar-refractivity contribution < 1.29 is 9.90 Å². The Labute approximate surface area is 113 Å². The van der Waals surface area contributed by atoms with E-state index in [1.807, 2.05) is 37.3 Å². The summed E-state index contributed by atoms with van der Waals surface area (Å²) in [5, 5.41) is 11.9. The highest BCUT2D eigenvalue weighted by molar-refractivity contribution is 5.66. The molecule has 106 valence electrons. The smallest absolute Gasteiger partial charge is 0.303 e. The molecule has 0 aliphatic carbocycles. The standard InChI is InChI=1S/C8H11N.C5H10N2O3/c1-7(9)8-5-3-2-4-6-8;1-7(6-10)4-2-3-5(8)9/h2-7H,9H2,1H3;2-4H2,1H3,(H,8,9). The summed E-state index contributed by atoms with van der Waals surface area (Å²) in [6.45, 7) is 2.38. The predicted molar refractivity (Wildman–Crippen MR) is 74.3 cm³/mol. The Morgan fingerprint density at radius 1 is 1.42 bits per heavy atom. The van der Waals surface area contributed by atoms with Crippen LogP contribution in [0.15, 0.2) is 35.6 Å². The van der Waals surface area contributed by atoms with Crippen LogP contribution < -0.4 is 5.73 Å². The molecule has 0 aliphatic rings. The fourth-order valence-corrected chi connectivity index (χ4v) is 1.26. The fourth-order valence-electron chi connectivity index (χ4n) is 1.26. The van der Waals surface area contributed by atoms with Crippen LogP contribution in [0.25, 0.3) is 0 Å². The third kappa shape index (κ3) is 9.72. The molecule has 0 aliphatic heterocycles. The minimum absolute atomic E-state index is 0.0832. The Bertz CT molecular complexity index is 369. The zero-order valence-corrected chi connectivity index (χ0v) is 11.3. The van der Waals surface area contributed by atoms with Gasteiger partial charge in [-0.1, -0.05) is 30.3 Å². The molecular formula is C13H21N3O3. The molecule has 0 saturated carbocycles. The molecule has 1 rings (SSSR count). The van der Waals surface area contributed by atoms with Crippen LogP contribution in [0.2, 0.25) is 0 Å². The number of hydrogen-bond donors (Lipinski definition) is 2. The number of carboxylic acid groups (broad SMARTS) is 1. The molecule has 0 fully saturated rings. The van der Waals surface area contributed by atoms with Gasteiger partial charge in [0.05, 0.1) is 5.29 Å². The van der Waals surface area contributed by atoms with Gasteiger partial charge in [0.25, 0.3) is 0 Å². The van der Waals surface area contributed by atoms with Crippen molar-refractivity contribution in [1.29, 1.82) is 0 Å². The second kappa shape index (κ2) is 10.0. The van der Waals surface area contributed by atoms with Gasteiger partial charge in [0, 0.05) is 26.1 Å². The average molecular weight is 267 g/mol. The van der Waals surface area contributed by atoms with E-state index < -0.39 is 5.97 Å². The van der Waals surface area contributed by atoms with Crippen LogP contribution >= 0.6 is 0 Å². The van der Waals surface area contributed by atoms with Crippen LogP contribution in [0.4, 0.5) is 0 Å². The fraction of sp³-hybridized carbons (Fsp3) is 0.462. The summed E-state index contributed by atoms with van der Waals surface area (Å²) in [6.07, 6.45) is 0.539. The van der Waals surface area contributed by atoms with Gasteiger partial charge in [-0.3, -0.25) is 9.80 Å². The maximum atomic E-state index is 9.94. The highest BCUT2D eigenvalue weighted by Gasteiger charge is 1.98. The van der Waals surface area contributed by atoms with Crippen molar-refractivity contribution in [2.45, 2.75) is 25.8 Å². The summed E-state index contributed by atoms with van der Waals surface area (Å²) < 4.78 is 0. The van der Waals surface area contributed by atoms with E-state index in [1.54, 1.807) is 0 Å². The highest BCUT2D eigenvalue weighted by Crippen LogP contribution is 2.06. The Hall–Kier alpha value is -1.95. The van der Waals surface area contributed by atoms with Crippen LogP contribution in [-0.4, -0.2) is 29.7 Å². The van der Waals surface area contributed by atoms with Gasteiger partial charge in [0.2, 0.25) is 0 Å². The largest absolute Gasteiger partial charge is 0.481 e. The van der Waals surface area contributed by atoms with Crippen molar-refractivity contribution in [2.24, 2.45) is 11.0 Å². The lowest BCUT2D eigenvalue weighted by Crippen LogP contribution is -2.12. The van der Waals surface area contributed by atoms with Crippen LogP contribution in [0.1, 0.15) is 31.4 Å². The molecule has 1 aromatic carbocycles. The maximum Gasteiger partial charge on any atom is 0.303 e. The topological polar surface area (TPSA) is 96.0 Å². The molecule has 0 radical (unpaired) electrons. The molecular weight excluding hydrogens is 246 g/mol. The number of nitrogens with zero attached hydrogens (tertiary/aromatic N) is 2. The summed E-state index contributed by atoms with van der Waals surface area (Å²) in [5.74, 6) is -0.848. The zero-order chi connectivity index (χ0) is 14.7. The molecule has 1 atom stereocenters. The summed E-state index contributed by atoms with van der Waals surface area (Å²) in [4.78, 5) is 19.7. The predicted octanol–water partition coefficient (Wildman–Crippen LogP) is 2.17. The lowest BCUT2D eigenvalue weighted by atomic mass is 10.1. The van der Waals surface area contributed by atoms with Crippen molar-refractivity contribution >= 4 is 5.97 Å². The van der Waals surface area contributed by atoms with E-state index in [1.165, 1.54) is 17.6 Å². The molecule has 6 heteroatoms. The van der Waals surface area contributed by atoms with Crippen molar-refractivity contribution in [1.82, 2.24) is 5.01 Å². The van der Waals surface area contributed by atoms with Gasteiger partial charge >= 0.3 is 5.97 Å². The molecule has 3 N–H and O–H groups in total. The normalized spacial score (nSPS) is 10.9. The van der Waals surface area contributed by atoms with Crippen LogP contribution in [0.5, 0.6) is 0 Å². The monoisotopic (exact) mass is 267 g/mol. The van der Waals surface area contributed by atoms with Crippen molar-refractivity contribution in [3.8, 4) is 0 Å². The molecule has 0 amide bonds. The van der Waals surface area contributed by atoms with E-state index in [0.29, 0.717) is 13.0 Å². The second-order valence-corrected chi connectivity index (χ2v) is 4.16. The lowest BCUT2D eigenvalue weighted by molar-refractivity contribution is -0.137. The first-order valence-electron chi connectivity index (χ1n) is 6.04. The molecule has 0 saturated heterocycles. The summed E-state index contributed by atoms with van der Waals surface area (Å²) >= 11 is 0. The SMILES string of the molecule is CC(N)c1ccccc1.CN(CCCC(=O)O)N=O. The van der Waals surface area contributed by atoms with Crippen LogP contribution in [0, 0.1) is 4.91 Å². The number of nitroso groups, excluding NO2 is 1. The first-order chi connectivity index (χ1) is 8.97. The number of carboxylic acids is 1. The third-order valence-corrected chi connectivity index (χ3v) is 2.34. The van der Waals surface area contributed by atoms with Crippen LogP contribution in [-0.2, 0) is 4.79 Å². The van der Waals surface area contributed by atoms with Crippen molar-refractivity contribution in [3.05, 3.63) is 40.8 Å². The number of benzene rings is 1. The molecule has 0 heterocycles. The lowest BCUT2D eigenvalue weighted by Gasteiger charge is -2.05. The number of aliphatic carboxylic acids is 1. The van der Waals surface area contributed by atoms with E-state index in [9.17, 15) is 9.70 Å². The quantitative estimate of drug-likeness (QED) is 0.608. The van der Waals surface area contributed by atoms with Gasteiger partial charge in [0.15, 0.2) is 0 Å². The van der Waals surface area contributed by atoms with Gasteiger partial charge in [-0.2, -0.15) is 0 Å². The van der Waals surface area contributed by atoms with Gasteiger partial charge in [-0.25, -0.2) is 0 Å².